The molecule has 0 radical (unpaired) electrons. The summed E-state index contributed by atoms with van der Waals surface area (Å²) in [6.07, 6.45) is -0.262. The van der Waals surface area contributed by atoms with Crippen LogP contribution >= 0.6 is 0 Å². The van der Waals surface area contributed by atoms with Gasteiger partial charge in [0.25, 0.3) is 0 Å². The Kier molecular flexibility index (Phi) is 8.61. The van der Waals surface area contributed by atoms with E-state index in [2.05, 4.69) is 0 Å². The largest absolute Gasteiger partial charge is 0.399 e. The first-order valence-corrected chi connectivity index (χ1v) is 7.84. The molecule has 0 saturated carbocycles. The molecule has 0 saturated heterocycles. The highest BCUT2D eigenvalue weighted by atomic mass is 16.5. The van der Waals surface area contributed by atoms with E-state index in [0.29, 0.717) is 18.9 Å². The summed E-state index contributed by atoms with van der Waals surface area (Å²) in [5.41, 5.74) is 7.18. The van der Waals surface area contributed by atoms with Crippen LogP contribution in [0.5, 0.6) is 0 Å². The predicted molar refractivity (Wildman–Crippen MR) is 90.1 cm³/mol. The summed E-state index contributed by atoms with van der Waals surface area (Å²) in [6, 6.07) is 7.19. The number of hydrogen-bond acceptors (Lipinski definition) is 5. The number of nitrogens with two attached hydrogens (primary N) is 1. The first-order chi connectivity index (χ1) is 10.9. The minimum Gasteiger partial charge on any atom is -0.399 e. The molecule has 1 aromatic carbocycles. The van der Waals surface area contributed by atoms with Crippen molar-refractivity contribution in [3.05, 3.63) is 29.8 Å². The molecule has 1 unspecified atom stereocenters. The Labute approximate surface area is 138 Å². The van der Waals surface area contributed by atoms with Gasteiger partial charge >= 0.3 is 0 Å². The summed E-state index contributed by atoms with van der Waals surface area (Å²) in [5, 5.41) is 9.90. The van der Waals surface area contributed by atoms with Crippen molar-refractivity contribution >= 4 is 11.6 Å². The lowest BCUT2D eigenvalue weighted by Crippen LogP contribution is -2.37. The van der Waals surface area contributed by atoms with Crippen LogP contribution in [-0.4, -0.2) is 61.5 Å². The molecular formula is C17H28N2O4. The van der Waals surface area contributed by atoms with Gasteiger partial charge in [0.15, 0.2) is 0 Å². The van der Waals surface area contributed by atoms with Crippen LogP contribution in [0.2, 0.25) is 0 Å². The number of amides is 1. The van der Waals surface area contributed by atoms with E-state index < -0.39 is 6.10 Å². The highest BCUT2D eigenvalue weighted by molar-refractivity contribution is 5.78. The summed E-state index contributed by atoms with van der Waals surface area (Å²) in [6.45, 7) is 5.25. The van der Waals surface area contributed by atoms with Crippen LogP contribution in [-0.2, 0) is 20.7 Å². The standard InChI is InChI=1S/C17H28N2O4/c1-13(2)23-9-8-22-12-16(20)11-19(3)17(21)10-14-4-6-15(18)7-5-14/h4-7,13,16,20H,8-12,18H2,1-3H3. The van der Waals surface area contributed by atoms with E-state index in [9.17, 15) is 9.90 Å². The Bertz CT molecular complexity index is 462. The number of aliphatic hydroxyl groups excluding tert-OH is 1. The lowest BCUT2D eigenvalue weighted by Gasteiger charge is -2.21. The first-order valence-electron chi connectivity index (χ1n) is 7.84. The van der Waals surface area contributed by atoms with E-state index in [1.807, 2.05) is 26.0 Å². The van der Waals surface area contributed by atoms with E-state index >= 15 is 0 Å². The van der Waals surface area contributed by atoms with Crippen molar-refractivity contribution in [3.63, 3.8) is 0 Å². The van der Waals surface area contributed by atoms with E-state index in [0.717, 1.165) is 5.56 Å². The van der Waals surface area contributed by atoms with Gasteiger partial charge in [-0.05, 0) is 31.5 Å². The summed E-state index contributed by atoms with van der Waals surface area (Å²) in [4.78, 5) is 13.6. The normalized spacial score (nSPS) is 12.4. The van der Waals surface area contributed by atoms with Crippen LogP contribution in [0.25, 0.3) is 0 Å². The summed E-state index contributed by atoms with van der Waals surface area (Å²) >= 11 is 0. The number of nitrogens with zero attached hydrogens (tertiary/aromatic N) is 1. The third-order valence-electron chi connectivity index (χ3n) is 3.23. The molecule has 6 heteroatoms. The second-order valence-electron chi connectivity index (χ2n) is 5.84. The van der Waals surface area contributed by atoms with Crippen molar-refractivity contribution in [2.45, 2.75) is 32.5 Å². The molecule has 1 amide bonds. The second-order valence-corrected chi connectivity index (χ2v) is 5.84. The first kappa shape index (κ1) is 19.4. The molecule has 23 heavy (non-hydrogen) atoms. The molecule has 0 fully saturated rings. The molecule has 6 nitrogen and oxygen atoms in total. The number of rotatable bonds is 10. The van der Waals surface area contributed by atoms with Gasteiger partial charge in [0, 0.05) is 19.3 Å². The van der Waals surface area contributed by atoms with Crippen molar-refractivity contribution in [3.8, 4) is 0 Å². The molecule has 0 aliphatic rings. The fourth-order valence-corrected chi connectivity index (χ4v) is 1.98. The average Bonchev–Trinajstić information content (AvgIpc) is 2.48. The number of hydrogen-bond donors (Lipinski definition) is 2. The lowest BCUT2D eigenvalue weighted by molar-refractivity contribution is -0.131. The highest BCUT2D eigenvalue weighted by Crippen LogP contribution is 2.07. The molecular weight excluding hydrogens is 296 g/mol. The number of carbonyl (C=O) groups excluding carboxylic acids is 1. The Balaban J connectivity index is 2.24. The van der Waals surface area contributed by atoms with Crippen molar-refractivity contribution in [2.75, 3.05) is 39.1 Å². The topological polar surface area (TPSA) is 85.0 Å². The average molecular weight is 324 g/mol. The number of carbonyl (C=O) groups is 1. The van der Waals surface area contributed by atoms with Gasteiger partial charge in [-0.1, -0.05) is 12.1 Å². The van der Waals surface area contributed by atoms with Crippen molar-refractivity contribution in [1.82, 2.24) is 4.90 Å². The number of benzene rings is 1. The number of anilines is 1. The summed E-state index contributed by atoms with van der Waals surface area (Å²) in [5.74, 6) is -0.0584. The quantitative estimate of drug-likeness (QED) is 0.497. The van der Waals surface area contributed by atoms with Crippen LogP contribution < -0.4 is 5.73 Å². The monoisotopic (exact) mass is 324 g/mol. The zero-order valence-electron chi connectivity index (χ0n) is 14.2. The Hall–Kier alpha value is -1.63. The maximum atomic E-state index is 12.1. The zero-order valence-corrected chi connectivity index (χ0v) is 14.2. The highest BCUT2D eigenvalue weighted by Gasteiger charge is 2.14. The van der Waals surface area contributed by atoms with Gasteiger partial charge in [0.1, 0.15) is 0 Å². The minimum absolute atomic E-state index is 0.0584. The maximum absolute atomic E-state index is 12.1. The van der Waals surface area contributed by atoms with Gasteiger partial charge in [0.2, 0.25) is 5.91 Å². The van der Waals surface area contributed by atoms with Crippen LogP contribution in [0.15, 0.2) is 24.3 Å². The molecule has 130 valence electrons. The van der Waals surface area contributed by atoms with Crippen LogP contribution in [0.1, 0.15) is 19.4 Å². The molecule has 0 spiro atoms. The van der Waals surface area contributed by atoms with Gasteiger partial charge in [-0.15, -0.1) is 0 Å². The fraction of sp³-hybridized carbons (Fsp3) is 0.588. The number of aliphatic hydroxyl groups is 1. The summed E-state index contributed by atoms with van der Waals surface area (Å²) < 4.78 is 10.7. The molecule has 0 aliphatic heterocycles. The molecule has 1 aromatic rings. The molecule has 0 aromatic heterocycles. The van der Waals surface area contributed by atoms with Crippen molar-refractivity contribution < 1.29 is 19.4 Å². The molecule has 1 rings (SSSR count). The second kappa shape index (κ2) is 10.2. The van der Waals surface area contributed by atoms with Gasteiger partial charge in [-0.2, -0.15) is 0 Å². The van der Waals surface area contributed by atoms with E-state index in [-0.39, 0.29) is 31.6 Å². The van der Waals surface area contributed by atoms with Gasteiger partial charge in [-0.25, -0.2) is 0 Å². The Morgan fingerprint density at radius 1 is 1.26 bits per heavy atom. The molecule has 1 atom stereocenters. The van der Waals surface area contributed by atoms with Gasteiger partial charge in [-0.3, -0.25) is 4.79 Å². The van der Waals surface area contributed by atoms with E-state index in [4.69, 9.17) is 15.2 Å². The van der Waals surface area contributed by atoms with Crippen LogP contribution in [0, 0.1) is 0 Å². The van der Waals surface area contributed by atoms with E-state index in [1.165, 1.54) is 4.90 Å². The third-order valence-corrected chi connectivity index (χ3v) is 3.23. The lowest BCUT2D eigenvalue weighted by atomic mass is 10.1. The molecule has 0 heterocycles. The number of nitrogen functional groups attached to an aromatic ring is 1. The fourth-order valence-electron chi connectivity index (χ4n) is 1.98. The molecule has 0 bridgehead atoms. The van der Waals surface area contributed by atoms with Crippen LogP contribution in [0.3, 0.4) is 0 Å². The van der Waals surface area contributed by atoms with E-state index in [1.54, 1.807) is 19.2 Å². The van der Waals surface area contributed by atoms with Crippen molar-refractivity contribution in [2.24, 2.45) is 0 Å². The number of likely N-dealkylation sites (N-methyl/N-ethyl adjacent to an activating group) is 1. The molecule has 3 N–H and O–H groups in total. The summed E-state index contributed by atoms with van der Waals surface area (Å²) in [7, 11) is 1.67. The van der Waals surface area contributed by atoms with Gasteiger partial charge in [0.05, 0.1) is 38.4 Å². The third kappa shape index (κ3) is 8.54. The Morgan fingerprint density at radius 3 is 2.52 bits per heavy atom. The predicted octanol–water partition coefficient (Wildman–Crippen LogP) is 1.07. The van der Waals surface area contributed by atoms with Gasteiger partial charge < -0.3 is 25.2 Å². The minimum atomic E-state index is -0.714. The smallest absolute Gasteiger partial charge is 0.226 e. The zero-order chi connectivity index (χ0) is 17.2. The molecule has 0 aliphatic carbocycles. The number of ether oxygens (including phenoxy) is 2. The van der Waals surface area contributed by atoms with Crippen molar-refractivity contribution in [1.29, 1.82) is 0 Å². The SMILES string of the molecule is CC(C)OCCOCC(O)CN(C)C(=O)Cc1ccc(N)cc1. The Morgan fingerprint density at radius 2 is 1.91 bits per heavy atom. The van der Waals surface area contributed by atoms with Crippen LogP contribution in [0.4, 0.5) is 5.69 Å². The maximum Gasteiger partial charge on any atom is 0.226 e.